The van der Waals surface area contributed by atoms with Crippen molar-refractivity contribution in [1.29, 1.82) is 0 Å². The zero-order valence-corrected chi connectivity index (χ0v) is 19.3. The maximum Gasteiger partial charge on any atom is 0.573 e. The van der Waals surface area contributed by atoms with E-state index >= 15 is 0 Å². The van der Waals surface area contributed by atoms with Gasteiger partial charge in [-0.25, -0.2) is 0 Å². The monoisotopic (exact) mass is 503 g/mol. The summed E-state index contributed by atoms with van der Waals surface area (Å²) in [5.41, 5.74) is 2.67. The molecule has 3 aromatic carbocycles. The zero-order chi connectivity index (χ0) is 26.0. The minimum Gasteiger partial charge on any atom is -0.457 e. The number of alkyl halides is 3. The Bertz CT molecular complexity index is 1480. The van der Waals surface area contributed by atoms with Crippen LogP contribution < -0.4 is 19.7 Å². The molecule has 0 radical (unpaired) electrons. The van der Waals surface area contributed by atoms with E-state index in [1.165, 1.54) is 24.3 Å². The van der Waals surface area contributed by atoms with Gasteiger partial charge in [-0.05, 0) is 66.7 Å². The van der Waals surface area contributed by atoms with Gasteiger partial charge in [-0.1, -0.05) is 30.8 Å². The van der Waals surface area contributed by atoms with E-state index in [2.05, 4.69) is 21.6 Å². The van der Waals surface area contributed by atoms with Crippen LogP contribution in [-0.4, -0.2) is 17.3 Å². The molecule has 0 saturated heterocycles. The summed E-state index contributed by atoms with van der Waals surface area (Å²) in [6.07, 6.45) is -1.22. The first-order valence-corrected chi connectivity index (χ1v) is 11.2. The van der Waals surface area contributed by atoms with Gasteiger partial charge in [-0.2, -0.15) is 0 Å². The SMILES string of the molecule is C=C1C=Cc2cc(C(=O)Nc3cccc(Oc4ccccc4)c3)[nH]c2N1c1ccc(OC(F)(F)F)cc1. The number of carbonyl (C=O) groups is 1. The Morgan fingerprint density at radius 3 is 2.32 bits per heavy atom. The highest BCUT2D eigenvalue weighted by molar-refractivity contribution is 6.04. The van der Waals surface area contributed by atoms with Crippen molar-refractivity contribution >= 4 is 29.2 Å². The minimum atomic E-state index is -4.78. The van der Waals surface area contributed by atoms with Gasteiger partial charge in [0.2, 0.25) is 0 Å². The lowest BCUT2D eigenvalue weighted by atomic mass is 10.1. The number of hydrogen-bond acceptors (Lipinski definition) is 4. The lowest BCUT2D eigenvalue weighted by molar-refractivity contribution is -0.274. The highest BCUT2D eigenvalue weighted by atomic mass is 19.4. The summed E-state index contributed by atoms with van der Waals surface area (Å²) in [6.45, 7) is 4.01. The first kappa shape index (κ1) is 23.8. The van der Waals surface area contributed by atoms with E-state index in [-0.39, 0.29) is 11.7 Å². The molecular weight excluding hydrogens is 483 g/mol. The number of nitrogens with zero attached hydrogens (tertiary/aromatic N) is 1. The van der Waals surface area contributed by atoms with Crippen LogP contribution in [0.2, 0.25) is 0 Å². The maximum atomic E-state index is 13.0. The summed E-state index contributed by atoms with van der Waals surface area (Å²) < 4.78 is 47.3. The molecule has 0 aliphatic carbocycles. The molecule has 5 rings (SSSR count). The van der Waals surface area contributed by atoms with Crippen LogP contribution in [0.5, 0.6) is 17.2 Å². The Morgan fingerprint density at radius 2 is 1.59 bits per heavy atom. The van der Waals surface area contributed by atoms with Gasteiger partial charge in [0.25, 0.3) is 5.91 Å². The van der Waals surface area contributed by atoms with Crippen LogP contribution in [-0.2, 0) is 0 Å². The van der Waals surface area contributed by atoms with Crippen LogP contribution in [0, 0.1) is 0 Å². The average Bonchev–Trinajstić information content (AvgIpc) is 3.29. The number of benzene rings is 3. The number of allylic oxidation sites excluding steroid dienone is 1. The fourth-order valence-corrected chi connectivity index (χ4v) is 3.85. The van der Waals surface area contributed by atoms with Crippen LogP contribution in [0.3, 0.4) is 0 Å². The Labute approximate surface area is 210 Å². The third-order valence-corrected chi connectivity index (χ3v) is 5.44. The van der Waals surface area contributed by atoms with E-state index in [9.17, 15) is 18.0 Å². The number of aromatic nitrogens is 1. The molecule has 6 nitrogen and oxygen atoms in total. The van der Waals surface area contributed by atoms with E-state index in [1.807, 2.05) is 30.3 Å². The molecule has 0 unspecified atom stereocenters. The van der Waals surface area contributed by atoms with E-state index in [1.54, 1.807) is 47.4 Å². The van der Waals surface area contributed by atoms with Gasteiger partial charge >= 0.3 is 6.36 Å². The maximum absolute atomic E-state index is 13.0. The van der Waals surface area contributed by atoms with Crippen molar-refractivity contribution in [3.05, 3.63) is 115 Å². The van der Waals surface area contributed by atoms with Gasteiger partial charge < -0.3 is 19.8 Å². The average molecular weight is 503 g/mol. The number of halogens is 3. The van der Waals surface area contributed by atoms with Crippen LogP contribution in [0.1, 0.15) is 16.1 Å². The van der Waals surface area contributed by atoms with E-state index in [4.69, 9.17) is 4.74 Å². The fourth-order valence-electron chi connectivity index (χ4n) is 3.85. The smallest absolute Gasteiger partial charge is 0.457 e. The second-order valence-corrected chi connectivity index (χ2v) is 8.09. The van der Waals surface area contributed by atoms with E-state index in [0.29, 0.717) is 45.6 Å². The Kier molecular flexibility index (Phi) is 6.19. The minimum absolute atomic E-state index is 0.292. The van der Waals surface area contributed by atoms with Crippen LogP contribution >= 0.6 is 0 Å². The van der Waals surface area contributed by atoms with Crippen molar-refractivity contribution in [2.45, 2.75) is 6.36 Å². The molecule has 37 heavy (non-hydrogen) atoms. The van der Waals surface area contributed by atoms with Crippen molar-refractivity contribution in [2.24, 2.45) is 0 Å². The van der Waals surface area contributed by atoms with Gasteiger partial charge in [-0.3, -0.25) is 9.69 Å². The topological polar surface area (TPSA) is 66.6 Å². The molecule has 1 aliphatic rings. The summed E-state index contributed by atoms with van der Waals surface area (Å²) in [5.74, 6) is 1.09. The first-order valence-electron chi connectivity index (χ1n) is 11.2. The molecule has 0 saturated carbocycles. The molecule has 4 aromatic rings. The normalized spacial score (nSPS) is 12.7. The van der Waals surface area contributed by atoms with E-state index < -0.39 is 6.36 Å². The number of H-pyrrole nitrogens is 1. The number of para-hydroxylation sites is 1. The molecule has 1 aliphatic heterocycles. The number of ether oxygens (including phenoxy) is 2. The van der Waals surface area contributed by atoms with Crippen LogP contribution in [0.25, 0.3) is 6.08 Å². The number of aromatic amines is 1. The van der Waals surface area contributed by atoms with Gasteiger partial charge in [0.1, 0.15) is 28.8 Å². The highest BCUT2D eigenvalue weighted by Gasteiger charge is 2.31. The third kappa shape index (κ3) is 5.51. The predicted molar refractivity (Wildman–Crippen MR) is 135 cm³/mol. The summed E-state index contributed by atoms with van der Waals surface area (Å²) in [6, 6.07) is 23.4. The second kappa shape index (κ2) is 9.62. The number of rotatable bonds is 6. The van der Waals surface area contributed by atoms with E-state index in [0.717, 1.165) is 0 Å². The largest absolute Gasteiger partial charge is 0.573 e. The fraction of sp³-hybridized carbons (Fsp3) is 0.0357. The summed E-state index contributed by atoms with van der Waals surface area (Å²) >= 11 is 0. The van der Waals surface area contributed by atoms with Crippen molar-refractivity contribution in [3.63, 3.8) is 0 Å². The van der Waals surface area contributed by atoms with Gasteiger partial charge in [-0.15, -0.1) is 13.2 Å². The highest BCUT2D eigenvalue weighted by Crippen LogP contribution is 2.38. The van der Waals surface area contributed by atoms with Gasteiger partial charge in [0, 0.05) is 28.7 Å². The number of carbonyl (C=O) groups excluding carboxylic acids is 1. The lowest BCUT2D eigenvalue weighted by Crippen LogP contribution is -2.19. The first-order chi connectivity index (χ1) is 17.7. The van der Waals surface area contributed by atoms with Crippen LogP contribution in [0.15, 0.2) is 103 Å². The molecule has 1 aromatic heterocycles. The molecule has 0 atom stereocenters. The Balaban J connectivity index is 1.34. The number of amides is 1. The Morgan fingerprint density at radius 1 is 0.865 bits per heavy atom. The molecule has 2 N–H and O–H groups in total. The van der Waals surface area contributed by atoms with Crippen LogP contribution in [0.4, 0.5) is 30.4 Å². The van der Waals surface area contributed by atoms with Crippen molar-refractivity contribution in [2.75, 3.05) is 10.2 Å². The molecule has 0 fully saturated rings. The van der Waals surface area contributed by atoms with Gasteiger partial charge in [0.05, 0.1) is 0 Å². The quantitative estimate of drug-likeness (QED) is 0.284. The standard InChI is InChI=1S/C28H20F3N3O3/c1-18-10-11-19-16-25(33-26(19)34(18)21-12-14-23(15-13-21)37-28(29,30)31)27(35)32-20-6-5-9-24(17-20)36-22-7-3-2-4-8-22/h2-17,33H,1H2,(H,32,35). The number of hydrogen-bond donors (Lipinski definition) is 2. The summed E-state index contributed by atoms with van der Waals surface area (Å²) in [5, 5.41) is 2.85. The summed E-state index contributed by atoms with van der Waals surface area (Å²) in [4.78, 5) is 17.8. The molecule has 1 amide bonds. The van der Waals surface area contributed by atoms with Crippen molar-refractivity contribution < 1.29 is 27.4 Å². The van der Waals surface area contributed by atoms with Crippen molar-refractivity contribution in [3.8, 4) is 17.2 Å². The molecule has 186 valence electrons. The number of fused-ring (bicyclic) bond motifs is 1. The predicted octanol–water partition coefficient (Wildman–Crippen LogP) is 7.64. The van der Waals surface area contributed by atoms with Crippen molar-refractivity contribution in [1.82, 2.24) is 4.98 Å². The number of anilines is 3. The number of nitrogens with one attached hydrogen (secondary N) is 2. The molecule has 2 heterocycles. The Hall–Kier alpha value is -4.92. The second-order valence-electron chi connectivity index (χ2n) is 8.09. The summed E-state index contributed by atoms with van der Waals surface area (Å²) in [7, 11) is 0. The van der Waals surface area contributed by atoms with Gasteiger partial charge in [0.15, 0.2) is 0 Å². The molecule has 9 heteroatoms. The lowest BCUT2D eigenvalue weighted by Gasteiger charge is -2.27. The molecular formula is C28H20F3N3O3. The molecule has 0 bridgehead atoms. The molecule has 0 spiro atoms. The zero-order valence-electron chi connectivity index (χ0n) is 19.3. The third-order valence-electron chi connectivity index (χ3n) is 5.44.